The first kappa shape index (κ1) is 17.4. The molecule has 1 fully saturated rings. The van der Waals surface area contributed by atoms with Crippen molar-refractivity contribution in [3.63, 3.8) is 0 Å². The Morgan fingerprint density at radius 3 is 2.50 bits per heavy atom. The van der Waals surface area contributed by atoms with Crippen LogP contribution in [0.5, 0.6) is 0 Å². The van der Waals surface area contributed by atoms with Crippen molar-refractivity contribution in [3.8, 4) is 0 Å². The van der Waals surface area contributed by atoms with Crippen molar-refractivity contribution in [1.29, 1.82) is 0 Å². The molecule has 0 saturated carbocycles. The molecule has 1 aliphatic heterocycles. The second-order valence-electron chi connectivity index (χ2n) is 7.17. The van der Waals surface area contributed by atoms with Crippen molar-refractivity contribution in [2.24, 2.45) is 0 Å². The number of piperazine rings is 1. The molecule has 0 unspecified atom stereocenters. The van der Waals surface area contributed by atoms with Gasteiger partial charge >= 0.3 is 0 Å². The van der Waals surface area contributed by atoms with Gasteiger partial charge in [-0.2, -0.15) is 9.78 Å². The molecule has 2 heterocycles. The molecule has 1 aliphatic rings. The van der Waals surface area contributed by atoms with Crippen molar-refractivity contribution >= 4 is 23.0 Å². The minimum absolute atomic E-state index is 0.838. The van der Waals surface area contributed by atoms with E-state index < -0.39 is 0 Å². The monoisotopic (exact) mass is 369 g/mol. The molecule has 0 bridgehead atoms. The second-order valence-corrected chi connectivity index (χ2v) is 7.54. The van der Waals surface area contributed by atoms with Crippen LogP contribution in [-0.2, 0) is 19.8 Å². The van der Waals surface area contributed by atoms with Gasteiger partial charge in [-0.1, -0.05) is 42.5 Å². The third kappa shape index (κ3) is 3.58. The molecule has 0 aliphatic carbocycles. The predicted molar refractivity (Wildman–Crippen MR) is 106 cm³/mol. The Balaban J connectivity index is 1.37. The molecular formula is C20H27N5S+2. The van der Waals surface area contributed by atoms with Gasteiger partial charge in [-0.15, -0.1) is 0 Å². The van der Waals surface area contributed by atoms with Crippen LogP contribution in [0.25, 0.3) is 10.8 Å². The summed E-state index contributed by atoms with van der Waals surface area (Å²) in [6.45, 7) is 9.70. The Morgan fingerprint density at radius 1 is 1.00 bits per heavy atom. The number of rotatable bonds is 5. The van der Waals surface area contributed by atoms with Gasteiger partial charge in [-0.05, 0) is 29.9 Å². The van der Waals surface area contributed by atoms with Crippen LogP contribution in [0.4, 0.5) is 0 Å². The van der Waals surface area contributed by atoms with E-state index in [1.54, 1.807) is 9.80 Å². The van der Waals surface area contributed by atoms with E-state index in [4.69, 9.17) is 12.2 Å². The fraction of sp³-hybridized carbons (Fsp3) is 0.400. The van der Waals surface area contributed by atoms with Crippen LogP contribution < -0.4 is 9.80 Å². The highest BCUT2D eigenvalue weighted by Crippen LogP contribution is 2.17. The van der Waals surface area contributed by atoms with E-state index in [1.165, 1.54) is 42.5 Å². The lowest BCUT2D eigenvalue weighted by molar-refractivity contribution is -1.03. The molecule has 2 aromatic carbocycles. The minimum Gasteiger partial charge on any atom is -0.322 e. The molecule has 0 spiro atoms. The number of nitrogens with zero attached hydrogens (tertiary/aromatic N) is 3. The first-order valence-electron chi connectivity index (χ1n) is 9.50. The largest absolute Gasteiger partial charge is 0.322 e. The maximum atomic E-state index is 5.49. The summed E-state index contributed by atoms with van der Waals surface area (Å²) >= 11 is 5.49. The topological polar surface area (TPSA) is 31.6 Å². The Morgan fingerprint density at radius 2 is 1.73 bits per heavy atom. The Bertz CT molecular complexity index is 931. The van der Waals surface area contributed by atoms with Gasteiger partial charge in [0.2, 0.25) is 4.77 Å². The highest BCUT2D eigenvalue weighted by molar-refractivity contribution is 7.71. The maximum Gasteiger partial charge on any atom is 0.202 e. The van der Waals surface area contributed by atoms with Crippen molar-refractivity contribution in [2.75, 3.05) is 26.2 Å². The van der Waals surface area contributed by atoms with Crippen LogP contribution in [-0.4, -0.2) is 40.5 Å². The second kappa shape index (κ2) is 7.70. The predicted octanol–water partition coefficient (Wildman–Crippen LogP) is 0.528. The summed E-state index contributed by atoms with van der Waals surface area (Å²) in [5.74, 6) is 0. The van der Waals surface area contributed by atoms with E-state index >= 15 is 0 Å². The van der Waals surface area contributed by atoms with Gasteiger partial charge in [0.05, 0.1) is 0 Å². The number of nitrogens with one attached hydrogen (secondary N) is 2. The molecule has 3 aromatic rings. The van der Waals surface area contributed by atoms with E-state index in [0.717, 1.165) is 24.5 Å². The summed E-state index contributed by atoms with van der Waals surface area (Å²) < 4.78 is 4.84. The molecule has 5 nitrogen and oxygen atoms in total. The number of benzene rings is 2. The zero-order valence-corrected chi connectivity index (χ0v) is 16.1. The molecule has 2 N–H and O–H groups in total. The molecule has 26 heavy (non-hydrogen) atoms. The summed E-state index contributed by atoms with van der Waals surface area (Å²) in [6.07, 6.45) is 1.85. The standard InChI is InChI=1S/C20H25N5S/c1-2-24-15-21-25(20(24)26)16-23-12-10-22(11-13-23)14-18-8-5-7-17-6-3-4-9-19(17)18/h3-9,15H,2,10-14,16H2,1H3/p+2. The number of aryl methyl sites for hydroxylation is 1. The Labute approximate surface area is 159 Å². The van der Waals surface area contributed by atoms with Crippen molar-refractivity contribution in [2.45, 2.75) is 26.7 Å². The summed E-state index contributed by atoms with van der Waals surface area (Å²) in [4.78, 5) is 3.25. The van der Waals surface area contributed by atoms with Crippen LogP contribution in [0.2, 0.25) is 0 Å². The minimum atomic E-state index is 0.838. The van der Waals surface area contributed by atoms with Crippen molar-refractivity contribution < 1.29 is 9.80 Å². The third-order valence-corrected chi connectivity index (χ3v) is 5.94. The fourth-order valence-corrected chi connectivity index (χ4v) is 4.20. The first-order chi connectivity index (χ1) is 12.7. The SMILES string of the molecule is CCn1cnn(C[NH+]2CC[NH+](Cc3cccc4ccccc34)CC2)c1=S. The van der Waals surface area contributed by atoms with Crippen LogP contribution in [0, 0.1) is 4.77 Å². The van der Waals surface area contributed by atoms with Gasteiger partial charge in [0, 0.05) is 12.1 Å². The molecule has 6 heteroatoms. The average Bonchev–Trinajstić information content (AvgIpc) is 3.03. The zero-order chi connectivity index (χ0) is 17.9. The van der Waals surface area contributed by atoms with Gasteiger partial charge < -0.3 is 14.4 Å². The average molecular weight is 370 g/mol. The number of fused-ring (bicyclic) bond motifs is 1. The van der Waals surface area contributed by atoms with Crippen LogP contribution >= 0.6 is 12.2 Å². The zero-order valence-electron chi connectivity index (χ0n) is 15.3. The fourth-order valence-electron chi connectivity index (χ4n) is 3.92. The van der Waals surface area contributed by atoms with E-state index in [1.807, 2.05) is 15.6 Å². The van der Waals surface area contributed by atoms with Gasteiger partial charge in [0.1, 0.15) is 39.1 Å². The van der Waals surface area contributed by atoms with E-state index in [-0.39, 0.29) is 0 Å². The Kier molecular flexibility index (Phi) is 5.15. The van der Waals surface area contributed by atoms with Gasteiger partial charge in [0.25, 0.3) is 0 Å². The molecule has 4 rings (SSSR count). The molecule has 1 aromatic heterocycles. The normalized spacial score (nSPS) is 20.5. The van der Waals surface area contributed by atoms with Crippen LogP contribution in [0.3, 0.4) is 0 Å². The lowest BCUT2D eigenvalue weighted by Crippen LogP contribution is -3.27. The van der Waals surface area contributed by atoms with Crippen LogP contribution in [0.1, 0.15) is 12.5 Å². The lowest BCUT2D eigenvalue weighted by atomic mass is 10.0. The number of hydrogen-bond donors (Lipinski definition) is 2. The highest BCUT2D eigenvalue weighted by atomic mass is 32.1. The van der Waals surface area contributed by atoms with Crippen molar-refractivity contribution in [3.05, 3.63) is 59.1 Å². The molecule has 0 amide bonds. The molecular weight excluding hydrogens is 342 g/mol. The van der Waals surface area contributed by atoms with E-state index in [2.05, 4.69) is 54.5 Å². The summed E-state index contributed by atoms with van der Waals surface area (Å²) in [7, 11) is 0. The van der Waals surface area contributed by atoms with Crippen molar-refractivity contribution in [1.82, 2.24) is 14.3 Å². The Hall–Kier alpha value is -2.02. The molecule has 136 valence electrons. The molecule has 0 atom stereocenters. The quantitative estimate of drug-likeness (QED) is 0.643. The van der Waals surface area contributed by atoms with Gasteiger partial charge in [0.15, 0.2) is 6.67 Å². The third-order valence-electron chi connectivity index (χ3n) is 5.50. The number of aromatic nitrogens is 3. The molecule has 0 radical (unpaired) electrons. The number of hydrogen-bond acceptors (Lipinski definition) is 2. The van der Waals surface area contributed by atoms with Gasteiger partial charge in [-0.25, -0.2) is 0 Å². The number of quaternary nitrogens is 2. The molecule has 1 saturated heterocycles. The van der Waals surface area contributed by atoms with E-state index in [9.17, 15) is 0 Å². The summed E-state index contributed by atoms with van der Waals surface area (Å²) in [5.41, 5.74) is 1.46. The maximum absolute atomic E-state index is 5.49. The van der Waals surface area contributed by atoms with E-state index in [0.29, 0.717) is 0 Å². The van der Waals surface area contributed by atoms with Gasteiger partial charge in [-0.3, -0.25) is 0 Å². The smallest absolute Gasteiger partial charge is 0.202 e. The lowest BCUT2D eigenvalue weighted by Gasteiger charge is -2.29. The summed E-state index contributed by atoms with van der Waals surface area (Å²) in [5, 5.41) is 7.19. The first-order valence-corrected chi connectivity index (χ1v) is 9.91. The highest BCUT2D eigenvalue weighted by Gasteiger charge is 2.24. The summed E-state index contributed by atoms with van der Waals surface area (Å²) in [6, 6.07) is 15.4. The van der Waals surface area contributed by atoms with Crippen LogP contribution in [0.15, 0.2) is 48.8 Å².